The van der Waals surface area contributed by atoms with Crippen LogP contribution in [0.4, 0.5) is 0 Å². The summed E-state index contributed by atoms with van der Waals surface area (Å²) in [7, 11) is 0. The van der Waals surface area contributed by atoms with Crippen molar-refractivity contribution in [2.24, 2.45) is 0 Å². The molecule has 110 valence electrons. The lowest BCUT2D eigenvalue weighted by Gasteiger charge is -2.15. The van der Waals surface area contributed by atoms with Gasteiger partial charge in [-0.3, -0.25) is 19.4 Å². The molecule has 1 N–H and O–H groups in total. The third kappa shape index (κ3) is 1.86. The highest BCUT2D eigenvalue weighted by Gasteiger charge is 2.35. The molecule has 1 aliphatic rings. The molecule has 2 heterocycles. The molecule has 1 aliphatic carbocycles. The first-order valence-electron chi connectivity index (χ1n) is 6.53. The van der Waals surface area contributed by atoms with Crippen LogP contribution < -0.4 is 5.43 Å². The summed E-state index contributed by atoms with van der Waals surface area (Å²) in [6, 6.07) is 2.99. The number of esters is 1. The van der Waals surface area contributed by atoms with Gasteiger partial charge in [0.1, 0.15) is 22.5 Å². The summed E-state index contributed by atoms with van der Waals surface area (Å²) < 4.78 is 4.76. The lowest BCUT2D eigenvalue weighted by Crippen LogP contribution is -2.33. The fraction of sp³-hybridized carbons (Fsp3) is 0.133. The molecule has 0 fully saturated rings. The van der Waals surface area contributed by atoms with Crippen molar-refractivity contribution in [3.05, 3.63) is 62.8 Å². The van der Waals surface area contributed by atoms with Crippen molar-refractivity contribution in [1.82, 2.24) is 9.97 Å². The van der Waals surface area contributed by atoms with Crippen molar-refractivity contribution in [2.75, 3.05) is 6.61 Å². The van der Waals surface area contributed by atoms with E-state index in [1.165, 1.54) is 18.3 Å². The monoisotopic (exact) mass is 298 g/mol. The third-order valence-corrected chi connectivity index (χ3v) is 3.30. The second kappa shape index (κ2) is 5.03. The number of carbonyl (C=O) groups is 3. The first-order valence-corrected chi connectivity index (χ1v) is 6.53. The molecule has 2 aromatic rings. The van der Waals surface area contributed by atoms with E-state index in [2.05, 4.69) is 9.97 Å². The molecule has 0 unspecified atom stereocenters. The first-order chi connectivity index (χ1) is 10.6. The van der Waals surface area contributed by atoms with Crippen LogP contribution in [0.25, 0.3) is 0 Å². The van der Waals surface area contributed by atoms with Gasteiger partial charge in [-0.15, -0.1) is 0 Å². The molecule has 0 spiro atoms. The SMILES string of the molecule is CCOC(=O)c1c[nH]c2c(c1=O)C(=O)c1ncccc1C2=O. The number of nitrogens with one attached hydrogen (secondary N) is 1. The summed E-state index contributed by atoms with van der Waals surface area (Å²) in [5.74, 6) is -2.04. The number of rotatable bonds is 2. The number of aromatic amines is 1. The molecule has 0 aliphatic heterocycles. The Morgan fingerprint density at radius 1 is 1.27 bits per heavy atom. The van der Waals surface area contributed by atoms with Crippen LogP contribution in [0.15, 0.2) is 29.3 Å². The lowest BCUT2D eigenvalue weighted by molar-refractivity contribution is 0.0524. The minimum Gasteiger partial charge on any atom is -0.462 e. The van der Waals surface area contributed by atoms with Crippen LogP contribution in [-0.4, -0.2) is 34.1 Å². The molecular weight excluding hydrogens is 288 g/mol. The number of nitrogens with zero attached hydrogens (tertiary/aromatic N) is 1. The van der Waals surface area contributed by atoms with E-state index < -0.39 is 23.0 Å². The number of ether oxygens (including phenoxy) is 1. The summed E-state index contributed by atoms with van der Waals surface area (Å²) in [6.45, 7) is 1.69. The largest absolute Gasteiger partial charge is 0.462 e. The van der Waals surface area contributed by atoms with E-state index in [-0.39, 0.29) is 34.7 Å². The summed E-state index contributed by atoms with van der Waals surface area (Å²) in [5.41, 5.74) is -1.63. The Labute approximate surface area is 124 Å². The highest BCUT2D eigenvalue weighted by Crippen LogP contribution is 2.22. The Balaban J connectivity index is 2.24. The zero-order chi connectivity index (χ0) is 15.9. The van der Waals surface area contributed by atoms with Crippen molar-refractivity contribution in [3.63, 3.8) is 0 Å². The summed E-state index contributed by atoms with van der Waals surface area (Å²) in [5, 5.41) is 0. The van der Waals surface area contributed by atoms with Crippen molar-refractivity contribution in [2.45, 2.75) is 6.92 Å². The van der Waals surface area contributed by atoms with Crippen molar-refractivity contribution < 1.29 is 19.1 Å². The molecule has 0 radical (unpaired) electrons. The number of aromatic nitrogens is 2. The molecule has 7 heteroatoms. The quantitative estimate of drug-likeness (QED) is 0.699. The molecule has 0 saturated heterocycles. The van der Waals surface area contributed by atoms with E-state index in [0.717, 1.165) is 6.20 Å². The van der Waals surface area contributed by atoms with Crippen LogP contribution in [0.2, 0.25) is 0 Å². The van der Waals surface area contributed by atoms with E-state index in [1.807, 2.05) is 0 Å². The summed E-state index contributed by atoms with van der Waals surface area (Å²) in [6.07, 6.45) is 2.45. The van der Waals surface area contributed by atoms with Gasteiger partial charge in [0.05, 0.1) is 12.2 Å². The molecule has 0 bridgehead atoms. The molecular formula is C15H10N2O5. The highest BCUT2D eigenvalue weighted by atomic mass is 16.5. The maximum Gasteiger partial charge on any atom is 0.343 e. The van der Waals surface area contributed by atoms with Gasteiger partial charge in [0.25, 0.3) is 0 Å². The van der Waals surface area contributed by atoms with Gasteiger partial charge in [-0.1, -0.05) is 0 Å². The molecule has 22 heavy (non-hydrogen) atoms. The van der Waals surface area contributed by atoms with Gasteiger partial charge < -0.3 is 9.72 Å². The fourth-order valence-electron chi connectivity index (χ4n) is 2.31. The average Bonchev–Trinajstić information content (AvgIpc) is 2.52. The highest BCUT2D eigenvalue weighted by molar-refractivity contribution is 6.27. The fourth-order valence-corrected chi connectivity index (χ4v) is 2.31. The molecule has 0 aromatic carbocycles. The summed E-state index contributed by atoms with van der Waals surface area (Å²) in [4.78, 5) is 55.3. The Kier molecular flexibility index (Phi) is 3.17. The zero-order valence-electron chi connectivity index (χ0n) is 11.5. The van der Waals surface area contributed by atoms with Crippen LogP contribution in [0.3, 0.4) is 0 Å². The normalized spacial score (nSPS) is 12.6. The Morgan fingerprint density at radius 2 is 2.05 bits per heavy atom. The summed E-state index contributed by atoms with van der Waals surface area (Å²) >= 11 is 0. The van der Waals surface area contributed by atoms with Gasteiger partial charge >= 0.3 is 5.97 Å². The molecule has 0 saturated carbocycles. The second-order valence-electron chi connectivity index (χ2n) is 4.56. The Hall–Kier alpha value is -3.09. The van der Waals surface area contributed by atoms with Gasteiger partial charge in [0.15, 0.2) is 0 Å². The van der Waals surface area contributed by atoms with Crippen molar-refractivity contribution in [3.8, 4) is 0 Å². The van der Waals surface area contributed by atoms with E-state index in [0.29, 0.717) is 0 Å². The maximum atomic E-state index is 12.4. The van der Waals surface area contributed by atoms with Crippen LogP contribution >= 0.6 is 0 Å². The number of ketones is 2. The van der Waals surface area contributed by atoms with E-state index in [1.54, 1.807) is 6.92 Å². The van der Waals surface area contributed by atoms with Gasteiger partial charge in [0.2, 0.25) is 17.0 Å². The van der Waals surface area contributed by atoms with Crippen LogP contribution in [-0.2, 0) is 4.74 Å². The van der Waals surface area contributed by atoms with E-state index in [9.17, 15) is 19.2 Å². The Bertz CT molecular complexity index is 882. The van der Waals surface area contributed by atoms with Crippen LogP contribution in [0.5, 0.6) is 0 Å². The third-order valence-electron chi connectivity index (χ3n) is 3.30. The number of hydrogen-bond donors (Lipinski definition) is 1. The first kappa shape index (κ1) is 13.9. The minimum absolute atomic E-state index is 0.0899. The van der Waals surface area contributed by atoms with Gasteiger partial charge in [-0.2, -0.15) is 0 Å². The smallest absolute Gasteiger partial charge is 0.343 e. The maximum absolute atomic E-state index is 12.4. The van der Waals surface area contributed by atoms with Crippen LogP contribution in [0.1, 0.15) is 49.4 Å². The van der Waals surface area contributed by atoms with Gasteiger partial charge in [-0.05, 0) is 19.1 Å². The molecule has 7 nitrogen and oxygen atoms in total. The molecule has 3 rings (SSSR count). The predicted octanol–water partition coefficient (Wildman–Crippen LogP) is 0.722. The van der Waals surface area contributed by atoms with E-state index in [4.69, 9.17) is 4.74 Å². The number of hydrogen-bond acceptors (Lipinski definition) is 6. The number of H-pyrrole nitrogens is 1. The number of fused-ring (bicyclic) bond motifs is 2. The van der Waals surface area contributed by atoms with Crippen molar-refractivity contribution >= 4 is 17.5 Å². The van der Waals surface area contributed by atoms with Gasteiger partial charge in [-0.25, -0.2) is 4.79 Å². The number of carbonyl (C=O) groups excluding carboxylic acids is 3. The number of pyridine rings is 2. The lowest BCUT2D eigenvalue weighted by atomic mass is 9.89. The Morgan fingerprint density at radius 3 is 2.77 bits per heavy atom. The topological polar surface area (TPSA) is 106 Å². The van der Waals surface area contributed by atoms with E-state index >= 15 is 0 Å². The standard InChI is InChI=1S/C15H10N2O5/c1-2-22-15(21)8-6-17-11-9(12(8)18)14(20)10-7(13(11)19)4-3-5-16-10/h3-6H,2H2,1H3,(H,17,18). The average molecular weight is 298 g/mol. The zero-order valence-corrected chi connectivity index (χ0v) is 11.5. The van der Waals surface area contributed by atoms with Crippen LogP contribution in [0, 0.1) is 0 Å². The van der Waals surface area contributed by atoms with Gasteiger partial charge in [0, 0.05) is 12.4 Å². The minimum atomic E-state index is -0.849. The predicted molar refractivity (Wildman–Crippen MR) is 74.1 cm³/mol. The second-order valence-corrected chi connectivity index (χ2v) is 4.56. The van der Waals surface area contributed by atoms with Crippen molar-refractivity contribution in [1.29, 1.82) is 0 Å². The molecule has 0 atom stereocenters. The molecule has 2 aromatic heterocycles. The molecule has 0 amide bonds.